The third-order valence-electron chi connectivity index (χ3n) is 6.55. The lowest BCUT2D eigenvalue weighted by atomic mass is 10.1. The SMILES string of the molecule is CCOc1cc(/C=N\NC(=O)c2cn(Cc3ccccc3Cl)c3ccccc23)ccc1Oc1ccc([N+](=O)[O-])cc1[N+](=O)[O-]. The molecule has 0 spiro atoms. The fourth-order valence-electron chi connectivity index (χ4n) is 4.52. The third-order valence-corrected chi connectivity index (χ3v) is 6.92. The number of para-hydroxylation sites is 1. The average Bonchev–Trinajstić information content (AvgIpc) is 3.38. The number of nitrogens with one attached hydrogen (secondary N) is 1. The molecule has 5 rings (SSSR count). The van der Waals surface area contributed by atoms with Crippen LogP contribution >= 0.6 is 11.6 Å². The number of rotatable bonds is 11. The van der Waals surface area contributed by atoms with E-state index >= 15 is 0 Å². The highest BCUT2D eigenvalue weighted by Crippen LogP contribution is 2.38. The van der Waals surface area contributed by atoms with Crippen LogP contribution < -0.4 is 14.9 Å². The molecule has 5 aromatic rings. The zero-order valence-electron chi connectivity index (χ0n) is 23.2. The number of carbonyl (C=O) groups excluding carboxylic acids is 1. The summed E-state index contributed by atoms with van der Waals surface area (Å²) in [6, 6.07) is 22.9. The summed E-state index contributed by atoms with van der Waals surface area (Å²) in [5.74, 6) is -0.204. The number of nitrogens with zero attached hydrogens (tertiary/aromatic N) is 4. The highest BCUT2D eigenvalue weighted by molar-refractivity contribution is 6.31. The van der Waals surface area contributed by atoms with Gasteiger partial charge in [0.25, 0.3) is 11.6 Å². The number of aromatic nitrogens is 1. The molecule has 12 nitrogen and oxygen atoms in total. The number of hydrazone groups is 1. The Kier molecular flexibility index (Phi) is 8.82. The van der Waals surface area contributed by atoms with Crippen molar-refractivity contribution in [1.82, 2.24) is 9.99 Å². The summed E-state index contributed by atoms with van der Waals surface area (Å²) in [5, 5.41) is 28.1. The van der Waals surface area contributed by atoms with Gasteiger partial charge in [-0.05, 0) is 54.4 Å². The van der Waals surface area contributed by atoms with Crippen molar-refractivity contribution >= 4 is 46.0 Å². The van der Waals surface area contributed by atoms with Gasteiger partial charge in [0.2, 0.25) is 5.75 Å². The first-order valence-electron chi connectivity index (χ1n) is 13.3. The van der Waals surface area contributed by atoms with Crippen molar-refractivity contribution in [3.8, 4) is 17.2 Å². The van der Waals surface area contributed by atoms with Crippen LogP contribution in [0.5, 0.6) is 17.2 Å². The van der Waals surface area contributed by atoms with Crippen molar-refractivity contribution in [2.75, 3.05) is 6.61 Å². The molecule has 1 heterocycles. The molecule has 0 radical (unpaired) electrons. The summed E-state index contributed by atoms with van der Waals surface area (Å²) in [4.78, 5) is 34.2. The quantitative estimate of drug-likeness (QED) is 0.0946. The molecule has 0 aliphatic heterocycles. The van der Waals surface area contributed by atoms with Crippen LogP contribution in [0.1, 0.15) is 28.4 Å². The van der Waals surface area contributed by atoms with Gasteiger partial charge in [0.05, 0.1) is 34.3 Å². The smallest absolute Gasteiger partial charge is 0.318 e. The molecule has 13 heteroatoms. The molecule has 4 aromatic carbocycles. The van der Waals surface area contributed by atoms with Crippen LogP contribution in [0.4, 0.5) is 11.4 Å². The topological polar surface area (TPSA) is 151 Å². The lowest BCUT2D eigenvalue weighted by molar-refractivity contribution is -0.394. The van der Waals surface area contributed by atoms with Crippen LogP contribution in [0.25, 0.3) is 10.9 Å². The Labute approximate surface area is 255 Å². The van der Waals surface area contributed by atoms with E-state index in [4.69, 9.17) is 21.1 Å². The van der Waals surface area contributed by atoms with E-state index in [1.165, 1.54) is 12.3 Å². The van der Waals surface area contributed by atoms with Gasteiger partial charge in [-0.2, -0.15) is 5.10 Å². The lowest BCUT2D eigenvalue weighted by Gasteiger charge is -2.12. The summed E-state index contributed by atoms with van der Waals surface area (Å²) >= 11 is 6.36. The lowest BCUT2D eigenvalue weighted by Crippen LogP contribution is -2.17. The highest BCUT2D eigenvalue weighted by Gasteiger charge is 2.22. The number of carbonyl (C=O) groups is 1. The van der Waals surface area contributed by atoms with E-state index in [0.29, 0.717) is 22.7 Å². The maximum Gasteiger partial charge on any atom is 0.318 e. The Bertz CT molecular complexity index is 1920. The van der Waals surface area contributed by atoms with Gasteiger partial charge in [-0.25, -0.2) is 5.43 Å². The summed E-state index contributed by atoms with van der Waals surface area (Å²) in [5.41, 5.74) is 4.32. The first-order chi connectivity index (χ1) is 21.2. The number of nitro benzene ring substituents is 2. The number of halogens is 1. The monoisotopic (exact) mass is 613 g/mol. The minimum atomic E-state index is -0.763. The number of hydrogen-bond donors (Lipinski definition) is 1. The first kappa shape index (κ1) is 29.7. The van der Waals surface area contributed by atoms with Crippen molar-refractivity contribution in [3.05, 3.63) is 133 Å². The third kappa shape index (κ3) is 6.50. The van der Waals surface area contributed by atoms with Gasteiger partial charge in [0.15, 0.2) is 11.5 Å². The second-order valence-electron chi connectivity index (χ2n) is 9.39. The molecular formula is C31H24ClN5O7. The van der Waals surface area contributed by atoms with Crippen LogP contribution in [0.2, 0.25) is 5.02 Å². The summed E-state index contributed by atoms with van der Waals surface area (Å²) in [7, 11) is 0. The van der Waals surface area contributed by atoms with Crippen LogP contribution in [0, 0.1) is 20.2 Å². The van der Waals surface area contributed by atoms with Crippen molar-refractivity contribution in [3.63, 3.8) is 0 Å². The Morgan fingerprint density at radius 3 is 2.45 bits per heavy atom. The van der Waals surface area contributed by atoms with Crippen molar-refractivity contribution in [1.29, 1.82) is 0 Å². The standard InChI is InChI=1S/C31H24ClN5O7/c1-2-43-30-15-20(11-13-29(30)44-28-14-12-22(36(39)40)16-27(28)37(41)42)17-33-34-31(38)24-19-35(26-10-6-4-8-23(24)26)18-21-7-3-5-9-25(21)32/h3-17,19H,2,18H2,1H3,(H,34,38)/b33-17-. The Balaban J connectivity index is 1.34. The predicted octanol–water partition coefficient (Wildman–Crippen LogP) is 7.11. The molecule has 0 atom stereocenters. The van der Waals surface area contributed by atoms with Crippen molar-refractivity contribution < 1.29 is 24.1 Å². The molecule has 0 saturated carbocycles. The summed E-state index contributed by atoms with van der Waals surface area (Å²) in [6.45, 7) is 2.49. The number of amides is 1. The van der Waals surface area contributed by atoms with Gasteiger partial charge >= 0.3 is 5.69 Å². The van der Waals surface area contributed by atoms with Crippen molar-refractivity contribution in [2.24, 2.45) is 5.10 Å². The average molecular weight is 614 g/mol. The van der Waals surface area contributed by atoms with E-state index in [1.807, 2.05) is 53.1 Å². The van der Waals surface area contributed by atoms with E-state index < -0.39 is 27.1 Å². The van der Waals surface area contributed by atoms with Crippen LogP contribution in [-0.4, -0.2) is 33.1 Å². The predicted molar refractivity (Wildman–Crippen MR) is 165 cm³/mol. The van der Waals surface area contributed by atoms with Gasteiger partial charge in [-0.1, -0.05) is 48.0 Å². The summed E-state index contributed by atoms with van der Waals surface area (Å²) < 4.78 is 13.3. The fraction of sp³-hybridized carbons (Fsp3) is 0.0968. The zero-order valence-corrected chi connectivity index (χ0v) is 23.9. The Morgan fingerprint density at radius 2 is 1.70 bits per heavy atom. The maximum absolute atomic E-state index is 13.2. The minimum absolute atomic E-state index is 0.149. The normalized spacial score (nSPS) is 11.0. The van der Waals surface area contributed by atoms with Crippen LogP contribution in [0.15, 0.2) is 96.2 Å². The zero-order chi connectivity index (χ0) is 31.2. The van der Waals surface area contributed by atoms with Crippen LogP contribution in [-0.2, 0) is 6.54 Å². The van der Waals surface area contributed by atoms with Gasteiger partial charge < -0.3 is 14.0 Å². The van der Waals surface area contributed by atoms with Gasteiger partial charge in [-0.15, -0.1) is 0 Å². The first-order valence-corrected chi connectivity index (χ1v) is 13.6. The maximum atomic E-state index is 13.2. The number of fused-ring (bicyclic) bond motifs is 1. The van der Waals surface area contributed by atoms with Gasteiger partial charge in [0.1, 0.15) is 0 Å². The van der Waals surface area contributed by atoms with Gasteiger partial charge in [0, 0.05) is 34.7 Å². The van der Waals surface area contributed by atoms with E-state index in [-0.39, 0.29) is 23.9 Å². The van der Waals surface area contributed by atoms with Crippen molar-refractivity contribution in [2.45, 2.75) is 13.5 Å². The largest absolute Gasteiger partial charge is 0.490 e. The molecule has 0 aliphatic carbocycles. The molecular weight excluding hydrogens is 590 g/mol. The molecule has 0 bridgehead atoms. The van der Waals surface area contributed by atoms with E-state index in [2.05, 4.69) is 10.5 Å². The second-order valence-corrected chi connectivity index (χ2v) is 9.79. The molecule has 0 aliphatic rings. The number of ether oxygens (including phenoxy) is 2. The number of non-ortho nitro benzene ring substituents is 1. The number of benzene rings is 4. The van der Waals surface area contributed by atoms with Gasteiger partial charge in [-0.3, -0.25) is 25.0 Å². The molecule has 1 amide bonds. The van der Waals surface area contributed by atoms with E-state index in [9.17, 15) is 25.0 Å². The van der Waals surface area contributed by atoms with E-state index in [0.717, 1.165) is 34.7 Å². The highest BCUT2D eigenvalue weighted by atomic mass is 35.5. The second kappa shape index (κ2) is 13.0. The molecule has 0 saturated heterocycles. The molecule has 0 unspecified atom stereocenters. The molecule has 44 heavy (non-hydrogen) atoms. The number of nitro groups is 2. The van der Waals surface area contributed by atoms with E-state index in [1.54, 1.807) is 25.3 Å². The summed E-state index contributed by atoms with van der Waals surface area (Å²) in [6.07, 6.45) is 3.18. The molecule has 1 aromatic heterocycles. The number of hydrogen-bond acceptors (Lipinski definition) is 8. The van der Waals surface area contributed by atoms with Crippen LogP contribution in [0.3, 0.4) is 0 Å². The Morgan fingerprint density at radius 1 is 0.955 bits per heavy atom. The minimum Gasteiger partial charge on any atom is -0.490 e. The fourth-order valence-corrected chi connectivity index (χ4v) is 4.71. The Hall–Kier alpha value is -5.75. The molecule has 1 N–H and O–H groups in total. The molecule has 0 fully saturated rings. The molecule has 222 valence electrons.